The molecule has 0 spiro atoms. The average molecular weight is 411 g/mol. The number of ether oxygens (including phenoxy) is 2. The lowest BCUT2D eigenvalue weighted by Gasteiger charge is -2.23. The molecular weight excluding hydrogens is 386 g/mol. The third-order valence-electron chi connectivity index (χ3n) is 4.81. The monoisotopic (exact) mass is 411 g/mol. The van der Waals surface area contributed by atoms with E-state index in [4.69, 9.17) is 15.2 Å². The molecule has 0 bridgehead atoms. The molecule has 0 unspecified atom stereocenters. The largest absolute Gasteiger partial charge is 0.497 e. The van der Waals surface area contributed by atoms with Gasteiger partial charge in [0.1, 0.15) is 11.9 Å². The first-order valence-electron chi connectivity index (χ1n) is 9.74. The molecule has 1 fully saturated rings. The Morgan fingerprint density at radius 2 is 1.97 bits per heavy atom. The number of methoxy groups -OCH3 is 1. The fourth-order valence-electron chi connectivity index (χ4n) is 3.23. The Morgan fingerprint density at radius 3 is 2.60 bits per heavy atom. The predicted octanol–water partition coefficient (Wildman–Crippen LogP) is 2.33. The van der Waals surface area contributed by atoms with Crippen LogP contribution in [0.15, 0.2) is 48.5 Å². The molecule has 1 aliphatic rings. The quantitative estimate of drug-likeness (QED) is 0.693. The van der Waals surface area contributed by atoms with Gasteiger partial charge in [-0.25, -0.2) is 0 Å². The van der Waals surface area contributed by atoms with Gasteiger partial charge >= 0.3 is 0 Å². The van der Waals surface area contributed by atoms with Gasteiger partial charge in [0.2, 0.25) is 5.91 Å². The summed E-state index contributed by atoms with van der Waals surface area (Å²) in [7, 11) is 1.56. The molecular formula is C22H25N3O5. The Morgan fingerprint density at radius 1 is 1.20 bits per heavy atom. The van der Waals surface area contributed by atoms with Crippen molar-refractivity contribution in [2.24, 2.45) is 5.73 Å². The topological polar surface area (TPSA) is 111 Å². The average Bonchev–Trinajstić information content (AvgIpc) is 3.29. The number of carbonyl (C=O) groups is 3. The van der Waals surface area contributed by atoms with Crippen LogP contribution in [0.4, 0.5) is 11.4 Å². The van der Waals surface area contributed by atoms with Crippen LogP contribution in [0.5, 0.6) is 5.75 Å². The highest BCUT2D eigenvalue weighted by atomic mass is 16.5. The van der Waals surface area contributed by atoms with E-state index in [1.807, 2.05) is 0 Å². The second kappa shape index (κ2) is 9.89. The molecule has 30 heavy (non-hydrogen) atoms. The fraction of sp³-hybridized carbons (Fsp3) is 0.318. The van der Waals surface area contributed by atoms with Crippen LogP contribution in [0.2, 0.25) is 0 Å². The van der Waals surface area contributed by atoms with E-state index in [2.05, 4.69) is 5.32 Å². The number of nitrogens with zero attached hydrogens (tertiary/aromatic N) is 1. The van der Waals surface area contributed by atoms with Gasteiger partial charge in [-0.05, 0) is 55.3 Å². The van der Waals surface area contributed by atoms with E-state index in [0.29, 0.717) is 35.7 Å². The lowest BCUT2D eigenvalue weighted by molar-refractivity contribution is -0.124. The minimum absolute atomic E-state index is 0.0210. The van der Waals surface area contributed by atoms with E-state index in [1.165, 1.54) is 4.90 Å². The molecule has 1 aliphatic heterocycles. The van der Waals surface area contributed by atoms with Gasteiger partial charge in [0.05, 0.1) is 7.11 Å². The fourth-order valence-corrected chi connectivity index (χ4v) is 3.23. The number of primary amides is 1. The molecule has 0 radical (unpaired) electrons. The molecule has 1 heterocycles. The maximum Gasteiger partial charge on any atom is 0.258 e. The molecule has 8 heteroatoms. The van der Waals surface area contributed by atoms with Crippen LogP contribution in [0.1, 0.15) is 29.6 Å². The van der Waals surface area contributed by atoms with Crippen molar-refractivity contribution in [3.05, 3.63) is 54.1 Å². The van der Waals surface area contributed by atoms with Crippen LogP contribution in [0.25, 0.3) is 0 Å². The first kappa shape index (κ1) is 21.3. The molecule has 3 rings (SSSR count). The third-order valence-corrected chi connectivity index (χ3v) is 4.81. The first-order valence-corrected chi connectivity index (χ1v) is 9.74. The molecule has 0 aromatic heterocycles. The van der Waals surface area contributed by atoms with Crippen molar-refractivity contribution < 1.29 is 23.9 Å². The number of hydrogen-bond acceptors (Lipinski definition) is 5. The maximum atomic E-state index is 13.2. The number of hydrogen-bond donors (Lipinski definition) is 2. The molecule has 2 aromatic carbocycles. The van der Waals surface area contributed by atoms with Crippen LogP contribution in [-0.4, -0.2) is 44.1 Å². The van der Waals surface area contributed by atoms with E-state index < -0.39 is 12.0 Å². The number of benzene rings is 2. The van der Waals surface area contributed by atoms with Gasteiger partial charge in [0.25, 0.3) is 11.8 Å². The standard InChI is InChI=1S/C22H25N3O5/c1-29-18-9-7-17(8-10-18)25(12-11-20(23)26)22(28)15-4-2-5-16(14-15)24-21(27)19-6-3-13-30-19/h2,4-5,7-10,14,19H,3,6,11-13H2,1H3,(H2,23,26)(H,24,27)/t19-/m0/s1. The van der Waals surface area contributed by atoms with Crippen molar-refractivity contribution in [2.75, 3.05) is 30.5 Å². The number of rotatable bonds is 8. The molecule has 3 amide bonds. The third kappa shape index (κ3) is 5.36. The zero-order valence-electron chi connectivity index (χ0n) is 16.8. The first-order chi connectivity index (χ1) is 14.5. The van der Waals surface area contributed by atoms with Gasteiger partial charge in [-0.1, -0.05) is 6.07 Å². The van der Waals surface area contributed by atoms with Crippen molar-refractivity contribution in [2.45, 2.75) is 25.4 Å². The summed E-state index contributed by atoms with van der Waals surface area (Å²) in [6, 6.07) is 13.6. The highest BCUT2D eigenvalue weighted by Crippen LogP contribution is 2.23. The second-order valence-electron chi connectivity index (χ2n) is 6.94. The summed E-state index contributed by atoms with van der Waals surface area (Å²) in [5, 5.41) is 2.80. The van der Waals surface area contributed by atoms with Gasteiger partial charge in [0, 0.05) is 36.5 Å². The lowest BCUT2D eigenvalue weighted by Crippen LogP contribution is -2.34. The Kier molecular flexibility index (Phi) is 7.03. The van der Waals surface area contributed by atoms with Crippen molar-refractivity contribution in [1.29, 1.82) is 0 Å². The number of amides is 3. The zero-order valence-corrected chi connectivity index (χ0v) is 16.8. The van der Waals surface area contributed by atoms with Gasteiger partial charge in [0.15, 0.2) is 0 Å². The Balaban J connectivity index is 1.80. The van der Waals surface area contributed by atoms with Crippen LogP contribution in [0, 0.1) is 0 Å². The maximum absolute atomic E-state index is 13.2. The normalized spacial score (nSPS) is 15.4. The Labute approximate surface area is 174 Å². The molecule has 3 N–H and O–H groups in total. The van der Waals surface area contributed by atoms with E-state index >= 15 is 0 Å². The van der Waals surface area contributed by atoms with Crippen molar-refractivity contribution in [3.8, 4) is 5.75 Å². The van der Waals surface area contributed by atoms with Crippen molar-refractivity contribution in [1.82, 2.24) is 0 Å². The highest BCUT2D eigenvalue weighted by molar-refractivity contribution is 6.07. The van der Waals surface area contributed by atoms with E-state index in [1.54, 1.807) is 55.6 Å². The summed E-state index contributed by atoms with van der Waals surface area (Å²) in [6.45, 7) is 0.709. The molecule has 8 nitrogen and oxygen atoms in total. The predicted molar refractivity (Wildman–Crippen MR) is 113 cm³/mol. The van der Waals surface area contributed by atoms with E-state index in [0.717, 1.165) is 6.42 Å². The van der Waals surface area contributed by atoms with E-state index in [9.17, 15) is 14.4 Å². The minimum Gasteiger partial charge on any atom is -0.497 e. The number of nitrogens with one attached hydrogen (secondary N) is 1. The Hall–Kier alpha value is -3.39. The van der Waals surface area contributed by atoms with Crippen molar-refractivity contribution in [3.63, 3.8) is 0 Å². The molecule has 2 aromatic rings. The molecule has 1 saturated heterocycles. The van der Waals surface area contributed by atoms with Gasteiger partial charge in [-0.15, -0.1) is 0 Å². The van der Waals surface area contributed by atoms with Gasteiger partial charge in [-0.3, -0.25) is 14.4 Å². The van der Waals surface area contributed by atoms with Crippen LogP contribution in [0.3, 0.4) is 0 Å². The number of nitrogens with two attached hydrogens (primary N) is 1. The van der Waals surface area contributed by atoms with Crippen molar-refractivity contribution >= 4 is 29.1 Å². The van der Waals surface area contributed by atoms with E-state index in [-0.39, 0.29) is 24.8 Å². The summed E-state index contributed by atoms with van der Waals surface area (Å²) in [6.07, 6.45) is 1.10. The SMILES string of the molecule is COc1ccc(N(CCC(N)=O)C(=O)c2cccc(NC(=O)[C@@H]3CCCO3)c2)cc1. The zero-order chi connectivity index (χ0) is 21.5. The summed E-state index contributed by atoms with van der Waals surface area (Å²) < 4.78 is 10.6. The summed E-state index contributed by atoms with van der Waals surface area (Å²) >= 11 is 0. The summed E-state index contributed by atoms with van der Waals surface area (Å²) in [5.74, 6) is -0.383. The number of carbonyl (C=O) groups excluding carboxylic acids is 3. The number of anilines is 2. The highest BCUT2D eigenvalue weighted by Gasteiger charge is 2.24. The molecule has 158 valence electrons. The van der Waals surface area contributed by atoms with Crippen LogP contribution >= 0.6 is 0 Å². The lowest BCUT2D eigenvalue weighted by atomic mass is 10.1. The second-order valence-corrected chi connectivity index (χ2v) is 6.94. The van der Waals surface area contributed by atoms with Crippen LogP contribution in [-0.2, 0) is 14.3 Å². The summed E-state index contributed by atoms with van der Waals surface area (Å²) in [5.41, 5.74) is 6.77. The van der Waals surface area contributed by atoms with Crippen LogP contribution < -0.4 is 20.7 Å². The molecule has 1 atom stereocenters. The summed E-state index contributed by atoms with van der Waals surface area (Å²) in [4.78, 5) is 38.3. The minimum atomic E-state index is -0.501. The van der Waals surface area contributed by atoms with Gasteiger partial charge < -0.3 is 25.4 Å². The Bertz CT molecular complexity index is 907. The molecule has 0 aliphatic carbocycles. The smallest absolute Gasteiger partial charge is 0.258 e. The van der Waals surface area contributed by atoms with Gasteiger partial charge in [-0.2, -0.15) is 0 Å². The molecule has 0 saturated carbocycles.